The van der Waals surface area contributed by atoms with Gasteiger partial charge in [0.1, 0.15) is 0 Å². The molecule has 0 amide bonds. The molecule has 0 saturated heterocycles. The normalized spacial score (nSPS) is 10.9. The lowest BCUT2D eigenvalue weighted by Crippen LogP contribution is -2.18. The third-order valence-corrected chi connectivity index (χ3v) is 3.46. The summed E-state index contributed by atoms with van der Waals surface area (Å²) in [6.45, 7) is 0.792. The van der Waals surface area contributed by atoms with Gasteiger partial charge in [0, 0.05) is 29.7 Å². The number of halogens is 2. The predicted octanol–water partition coefficient (Wildman–Crippen LogP) is 4.02. The van der Waals surface area contributed by atoms with Gasteiger partial charge in [-0.15, -0.1) is 0 Å². The molecule has 0 spiro atoms. The Labute approximate surface area is 126 Å². The molecule has 110 valence electrons. The molecule has 0 bridgehead atoms. The van der Waals surface area contributed by atoms with Crippen LogP contribution in [0, 0.1) is 15.9 Å². The molecule has 6 heteroatoms. The Hall–Kier alpha value is -1.98. The summed E-state index contributed by atoms with van der Waals surface area (Å²) in [7, 11) is 1.81. The van der Waals surface area contributed by atoms with Gasteiger partial charge in [0.2, 0.25) is 5.82 Å². The fourth-order valence-corrected chi connectivity index (χ4v) is 2.29. The largest absolute Gasteiger partial charge is 0.305 e. The van der Waals surface area contributed by atoms with Crippen LogP contribution in [0.2, 0.25) is 5.02 Å². The van der Waals surface area contributed by atoms with Crippen molar-refractivity contribution in [3.63, 3.8) is 0 Å². The van der Waals surface area contributed by atoms with Crippen molar-refractivity contribution in [3.05, 3.63) is 74.5 Å². The van der Waals surface area contributed by atoms with Crippen LogP contribution in [0.15, 0.2) is 42.5 Å². The zero-order chi connectivity index (χ0) is 15.4. The van der Waals surface area contributed by atoms with Crippen LogP contribution in [-0.4, -0.2) is 16.9 Å². The number of hydrogen-bond acceptors (Lipinski definition) is 3. The van der Waals surface area contributed by atoms with Crippen molar-refractivity contribution in [2.24, 2.45) is 0 Å². The average Bonchev–Trinajstić information content (AvgIpc) is 2.43. The van der Waals surface area contributed by atoms with Gasteiger partial charge >= 0.3 is 5.69 Å². The first-order valence-electron chi connectivity index (χ1n) is 6.32. The quantitative estimate of drug-likeness (QED) is 0.619. The Morgan fingerprint density at radius 1 is 1.14 bits per heavy atom. The number of benzene rings is 2. The first kappa shape index (κ1) is 15.4. The summed E-state index contributed by atoms with van der Waals surface area (Å²) in [6, 6.07) is 11.6. The van der Waals surface area contributed by atoms with Crippen LogP contribution in [0.3, 0.4) is 0 Å². The molecule has 0 N–H and O–H groups in total. The van der Waals surface area contributed by atoms with E-state index in [0.717, 1.165) is 11.6 Å². The lowest BCUT2D eigenvalue weighted by atomic mass is 10.1. The highest BCUT2D eigenvalue weighted by Crippen LogP contribution is 2.22. The van der Waals surface area contributed by atoms with Gasteiger partial charge in [0.25, 0.3) is 0 Å². The molecule has 0 heterocycles. The minimum atomic E-state index is -0.784. The Kier molecular flexibility index (Phi) is 4.88. The van der Waals surface area contributed by atoms with Gasteiger partial charge in [-0.25, -0.2) is 0 Å². The highest BCUT2D eigenvalue weighted by molar-refractivity contribution is 6.31. The van der Waals surface area contributed by atoms with Crippen LogP contribution in [-0.2, 0) is 13.1 Å². The summed E-state index contributed by atoms with van der Waals surface area (Å²) >= 11 is 6.08. The molecule has 0 unspecified atom stereocenters. The van der Waals surface area contributed by atoms with E-state index in [1.54, 1.807) is 12.1 Å². The number of rotatable bonds is 5. The van der Waals surface area contributed by atoms with Gasteiger partial charge in [-0.1, -0.05) is 41.9 Å². The Morgan fingerprint density at radius 2 is 1.76 bits per heavy atom. The number of nitro groups is 1. The fraction of sp³-hybridized carbons (Fsp3) is 0.200. The molecule has 2 aromatic carbocycles. The maximum atomic E-state index is 14.0. The van der Waals surface area contributed by atoms with Gasteiger partial charge < -0.3 is 0 Å². The summed E-state index contributed by atoms with van der Waals surface area (Å²) in [5.41, 5.74) is 0.713. The molecule has 2 aromatic rings. The van der Waals surface area contributed by atoms with Gasteiger partial charge in [0.05, 0.1) is 4.92 Å². The molecular weight excluding hydrogens is 295 g/mol. The second-order valence-electron chi connectivity index (χ2n) is 4.77. The molecule has 0 atom stereocenters. The molecule has 0 radical (unpaired) electrons. The standard InChI is InChI=1S/C15H14ClFN2O2/c1-18(9-11-5-2-3-7-13(11)16)10-12-6-4-8-14(15(12)17)19(20)21/h2-8H,9-10H2,1H3. The first-order valence-corrected chi connectivity index (χ1v) is 6.70. The van der Waals surface area contributed by atoms with Gasteiger partial charge in [-0.3, -0.25) is 15.0 Å². The van der Waals surface area contributed by atoms with E-state index in [1.807, 2.05) is 30.1 Å². The molecule has 0 fully saturated rings. The monoisotopic (exact) mass is 308 g/mol. The lowest BCUT2D eigenvalue weighted by Gasteiger charge is -2.17. The summed E-state index contributed by atoms with van der Waals surface area (Å²) < 4.78 is 14.0. The molecule has 4 nitrogen and oxygen atoms in total. The Morgan fingerprint density at radius 3 is 2.43 bits per heavy atom. The van der Waals surface area contributed by atoms with Crippen molar-refractivity contribution in [1.29, 1.82) is 0 Å². The van der Waals surface area contributed by atoms with Crippen molar-refractivity contribution >= 4 is 17.3 Å². The fourth-order valence-electron chi connectivity index (χ4n) is 2.09. The first-order chi connectivity index (χ1) is 9.99. The highest BCUT2D eigenvalue weighted by Gasteiger charge is 2.18. The molecule has 21 heavy (non-hydrogen) atoms. The smallest absolute Gasteiger partial charge is 0.298 e. The van der Waals surface area contributed by atoms with Gasteiger partial charge in [-0.2, -0.15) is 4.39 Å². The maximum absolute atomic E-state index is 14.0. The van der Waals surface area contributed by atoms with Crippen LogP contribution in [0.25, 0.3) is 0 Å². The molecule has 0 aliphatic rings. The van der Waals surface area contributed by atoms with Crippen LogP contribution in [0.1, 0.15) is 11.1 Å². The number of nitrogens with zero attached hydrogens (tertiary/aromatic N) is 2. The molecule has 0 aromatic heterocycles. The zero-order valence-electron chi connectivity index (χ0n) is 11.4. The molecule has 2 rings (SSSR count). The zero-order valence-corrected chi connectivity index (χ0v) is 12.2. The Bertz CT molecular complexity index is 664. The number of nitro benzene ring substituents is 1. The summed E-state index contributed by atoms with van der Waals surface area (Å²) in [4.78, 5) is 11.9. The maximum Gasteiger partial charge on any atom is 0.305 e. The van der Waals surface area contributed by atoms with E-state index in [4.69, 9.17) is 11.6 Å². The SMILES string of the molecule is CN(Cc1ccccc1Cl)Cc1cccc([N+](=O)[O-])c1F. The average molecular weight is 309 g/mol. The van der Waals surface area contributed by atoms with E-state index in [1.165, 1.54) is 6.07 Å². The third kappa shape index (κ3) is 3.77. The lowest BCUT2D eigenvalue weighted by molar-refractivity contribution is -0.387. The second kappa shape index (κ2) is 6.65. The summed E-state index contributed by atoms with van der Waals surface area (Å²) in [6.07, 6.45) is 0. The third-order valence-electron chi connectivity index (χ3n) is 3.09. The van der Waals surface area contributed by atoms with E-state index in [0.29, 0.717) is 17.1 Å². The van der Waals surface area contributed by atoms with Crippen LogP contribution in [0.4, 0.5) is 10.1 Å². The van der Waals surface area contributed by atoms with Crippen LogP contribution >= 0.6 is 11.6 Å². The van der Waals surface area contributed by atoms with Crippen molar-refractivity contribution in [2.75, 3.05) is 7.05 Å². The number of hydrogen-bond donors (Lipinski definition) is 0. The van der Waals surface area contributed by atoms with E-state index < -0.39 is 16.4 Å². The summed E-state index contributed by atoms with van der Waals surface area (Å²) in [5.74, 6) is -0.784. The second-order valence-corrected chi connectivity index (χ2v) is 5.18. The highest BCUT2D eigenvalue weighted by atomic mass is 35.5. The van der Waals surface area contributed by atoms with Crippen molar-refractivity contribution in [1.82, 2.24) is 4.90 Å². The van der Waals surface area contributed by atoms with E-state index >= 15 is 0 Å². The molecule has 0 saturated carbocycles. The molecular formula is C15H14ClFN2O2. The predicted molar refractivity (Wildman–Crippen MR) is 79.7 cm³/mol. The van der Waals surface area contributed by atoms with E-state index in [-0.39, 0.29) is 6.54 Å². The van der Waals surface area contributed by atoms with Crippen molar-refractivity contribution in [2.45, 2.75) is 13.1 Å². The van der Waals surface area contributed by atoms with E-state index in [2.05, 4.69) is 0 Å². The Balaban J connectivity index is 2.13. The summed E-state index contributed by atoms with van der Waals surface area (Å²) in [5, 5.41) is 11.4. The molecule has 0 aliphatic heterocycles. The van der Waals surface area contributed by atoms with Gasteiger partial charge in [-0.05, 0) is 18.7 Å². The van der Waals surface area contributed by atoms with Crippen LogP contribution < -0.4 is 0 Å². The van der Waals surface area contributed by atoms with Crippen LogP contribution in [0.5, 0.6) is 0 Å². The van der Waals surface area contributed by atoms with Crippen molar-refractivity contribution < 1.29 is 9.31 Å². The van der Waals surface area contributed by atoms with E-state index in [9.17, 15) is 14.5 Å². The van der Waals surface area contributed by atoms with Crippen molar-refractivity contribution in [3.8, 4) is 0 Å². The topological polar surface area (TPSA) is 46.4 Å². The van der Waals surface area contributed by atoms with Gasteiger partial charge in [0.15, 0.2) is 0 Å². The molecule has 0 aliphatic carbocycles. The minimum Gasteiger partial charge on any atom is -0.298 e. The minimum absolute atomic E-state index is 0.263.